The van der Waals surface area contributed by atoms with Gasteiger partial charge in [-0.15, -0.1) is 0 Å². The summed E-state index contributed by atoms with van der Waals surface area (Å²) in [5.74, 6) is -0.0141. The lowest BCUT2D eigenvalue weighted by molar-refractivity contribution is -0.120. The maximum absolute atomic E-state index is 12.0. The van der Waals surface area contributed by atoms with E-state index in [0.717, 1.165) is 22.3 Å². The average Bonchev–Trinajstić information content (AvgIpc) is 2.57. The van der Waals surface area contributed by atoms with Crippen molar-refractivity contribution in [3.8, 4) is 0 Å². The van der Waals surface area contributed by atoms with Gasteiger partial charge in [-0.25, -0.2) is 10.0 Å². The van der Waals surface area contributed by atoms with Crippen molar-refractivity contribution in [1.29, 1.82) is 0 Å². The molecule has 2 aliphatic rings. The summed E-state index contributed by atoms with van der Waals surface area (Å²) in [6.07, 6.45) is 5.47. The zero-order valence-corrected chi connectivity index (χ0v) is 11.8. The molecule has 0 fully saturated rings. The van der Waals surface area contributed by atoms with Crippen LogP contribution in [0.4, 0.5) is 5.69 Å². The van der Waals surface area contributed by atoms with Gasteiger partial charge in [0.2, 0.25) is 5.91 Å². The molecule has 1 aromatic rings. The topological polar surface area (TPSA) is 47.9 Å². The van der Waals surface area contributed by atoms with Crippen molar-refractivity contribution in [1.82, 2.24) is 10.0 Å². The second kappa shape index (κ2) is 5.14. The Bertz CT molecular complexity index is 570. The van der Waals surface area contributed by atoms with Crippen LogP contribution in [0.5, 0.6) is 0 Å². The molecule has 6 heteroatoms. The van der Waals surface area contributed by atoms with Crippen LogP contribution in [-0.4, -0.2) is 35.4 Å². The Balaban J connectivity index is 1.89. The zero-order valence-electron chi connectivity index (χ0n) is 10.2. The quantitative estimate of drug-likeness (QED) is 0.860. The van der Waals surface area contributed by atoms with Crippen molar-refractivity contribution in [2.75, 3.05) is 18.4 Å². The number of benzene rings is 1. The SMILES string of the molecule is O=C1CN(N2C=NC=CC2)Cc2ccc(Br)cc2N1. The van der Waals surface area contributed by atoms with Gasteiger partial charge >= 0.3 is 0 Å². The fraction of sp³-hybridized carbons (Fsp3) is 0.231. The predicted octanol–water partition coefficient (Wildman–Crippen LogP) is 1.98. The van der Waals surface area contributed by atoms with Gasteiger partial charge in [0.1, 0.15) is 6.34 Å². The number of fused-ring (bicyclic) bond motifs is 1. The van der Waals surface area contributed by atoms with Gasteiger partial charge in [0.25, 0.3) is 0 Å². The monoisotopic (exact) mass is 320 g/mol. The van der Waals surface area contributed by atoms with E-state index in [1.54, 1.807) is 12.5 Å². The highest BCUT2D eigenvalue weighted by atomic mass is 79.9. The van der Waals surface area contributed by atoms with Gasteiger partial charge in [0, 0.05) is 22.9 Å². The van der Waals surface area contributed by atoms with Crippen LogP contribution in [0.3, 0.4) is 0 Å². The summed E-state index contributed by atoms with van der Waals surface area (Å²) in [6.45, 7) is 1.75. The van der Waals surface area contributed by atoms with Crippen LogP contribution >= 0.6 is 15.9 Å². The van der Waals surface area contributed by atoms with E-state index in [4.69, 9.17) is 0 Å². The summed E-state index contributed by atoms with van der Waals surface area (Å²) in [6, 6.07) is 5.94. The summed E-state index contributed by atoms with van der Waals surface area (Å²) in [5, 5.41) is 6.88. The number of anilines is 1. The number of carbonyl (C=O) groups excluding carboxylic acids is 1. The van der Waals surface area contributed by atoms with Gasteiger partial charge in [0.15, 0.2) is 0 Å². The van der Waals surface area contributed by atoms with Crippen LogP contribution in [0.1, 0.15) is 5.56 Å². The Kier molecular flexibility index (Phi) is 3.35. The molecule has 0 aliphatic carbocycles. The molecular formula is C13H13BrN4O. The molecule has 0 atom stereocenters. The molecule has 2 heterocycles. The van der Waals surface area contributed by atoms with E-state index in [1.807, 2.05) is 34.3 Å². The lowest BCUT2D eigenvalue weighted by atomic mass is 10.2. The first-order chi connectivity index (χ1) is 9.22. The molecule has 1 amide bonds. The minimum Gasteiger partial charge on any atom is -0.325 e. The number of amides is 1. The molecule has 2 aliphatic heterocycles. The standard InChI is InChI=1S/C13H13BrN4O/c14-11-3-2-10-7-18(17-5-1-4-15-9-17)8-13(19)16-12(10)6-11/h1-4,6,9H,5,7-8H2,(H,16,19). The molecule has 0 aromatic heterocycles. The number of nitrogens with one attached hydrogen (secondary N) is 1. The molecule has 0 saturated heterocycles. The summed E-state index contributed by atoms with van der Waals surface area (Å²) < 4.78 is 0.961. The molecular weight excluding hydrogens is 308 g/mol. The number of halogens is 1. The van der Waals surface area contributed by atoms with Gasteiger partial charge in [0.05, 0.1) is 13.1 Å². The first-order valence-electron chi connectivity index (χ1n) is 6.00. The summed E-state index contributed by atoms with van der Waals surface area (Å²) >= 11 is 3.42. The number of rotatable bonds is 1. The van der Waals surface area contributed by atoms with Crippen molar-refractivity contribution < 1.29 is 4.79 Å². The van der Waals surface area contributed by atoms with Gasteiger partial charge in [-0.1, -0.05) is 22.0 Å². The third kappa shape index (κ3) is 2.69. The number of aliphatic imine (C=N–C) groups is 1. The van der Waals surface area contributed by atoms with Crippen LogP contribution in [0, 0.1) is 0 Å². The Morgan fingerprint density at radius 3 is 3.00 bits per heavy atom. The normalized spacial score (nSPS) is 19.0. The van der Waals surface area contributed by atoms with E-state index >= 15 is 0 Å². The van der Waals surface area contributed by atoms with Gasteiger partial charge in [-0.2, -0.15) is 0 Å². The minimum absolute atomic E-state index is 0.0141. The lowest BCUT2D eigenvalue weighted by Crippen LogP contribution is -2.44. The predicted molar refractivity (Wildman–Crippen MR) is 77.5 cm³/mol. The lowest BCUT2D eigenvalue weighted by Gasteiger charge is -2.31. The molecule has 1 N–H and O–H groups in total. The maximum Gasteiger partial charge on any atom is 0.240 e. The summed E-state index contributed by atoms with van der Waals surface area (Å²) in [5.41, 5.74) is 1.96. The fourth-order valence-electron chi connectivity index (χ4n) is 2.16. The molecule has 0 bridgehead atoms. The van der Waals surface area contributed by atoms with Crippen LogP contribution in [0.15, 0.2) is 39.9 Å². The Hall–Kier alpha value is -1.66. The number of hydrazine groups is 1. The molecule has 0 radical (unpaired) electrons. The Morgan fingerprint density at radius 2 is 2.21 bits per heavy atom. The molecule has 19 heavy (non-hydrogen) atoms. The van der Waals surface area contributed by atoms with E-state index in [1.165, 1.54) is 0 Å². The van der Waals surface area contributed by atoms with Crippen molar-refractivity contribution in [2.24, 2.45) is 4.99 Å². The Morgan fingerprint density at radius 1 is 1.32 bits per heavy atom. The maximum atomic E-state index is 12.0. The van der Waals surface area contributed by atoms with Crippen LogP contribution in [0.2, 0.25) is 0 Å². The number of hydrogen-bond donors (Lipinski definition) is 1. The van der Waals surface area contributed by atoms with Gasteiger partial charge in [-0.3, -0.25) is 9.80 Å². The second-order valence-electron chi connectivity index (χ2n) is 4.44. The van der Waals surface area contributed by atoms with E-state index in [-0.39, 0.29) is 5.91 Å². The highest BCUT2D eigenvalue weighted by Gasteiger charge is 2.22. The third-order valence-electron chi connectivity index (χ3n) is 3.07. The molecule has 0 saturated carbocycles. The number of carbonyl (C=O) groups is 1. The van der Waals surface area contributed by atoms with E-state index < -0.39 is 0 Å². The highest BCUT2D eigenvalue weighted by Crippen LogP contribution is 2.25. The zero-order chi connectivity index (χ0) is 13.2. The van der Waals surface area contributed by atoms with E-state index in [9.17, 15) is 4.79 Å². The van der Waals surface area contributed by atoms with Crippen LogP contribution in [-0.2, 0) is 11.3 Å². The molecule has 0 unspecified atom stereocenters. The first kappa shape index (κ1) is 12.4. The van der Waals surface area contributed by atoms with Crippen molar-refractivity contribution >= 4 is 33.9 Å². The molecule has 3 rings (SSSR count). The van der Waals surface area contributed by atoms with Gasteiger partial charge in [-0.05, 0) is 23.8 Å². The number of hydrogen-bond acceptors (Lipinski definition) is 4. The summed E-state index contributed by atoms with van der Waals surface area (Å²) in [7, 11) is 0. The Labute approximate surface area is 119 Å². The first-order valence-corrected chi connectivity index (χ1v) is 6.80. The van der Waals surface area contributed by atoms with Gasteiger partial charge < -0.3 is 5.32 Å². The molecule has 5 nitrogen and oxygen atoms in total. The van der Waals surface area contributed by atoms with Crippen LogP contribution < -0.4 is 5.32 Å². The fourth-order valence-corrected chi connectivity index (χ4v) is 2.52. The smallest absolute Gasteiger partial charge is 0.240 e. The number of nitrogens with zero attached hydrogens (tertiary/aromatic N) is 3. The third-order valence-corrected chi connectivity index (χ3v) is 3.57. The molecule has 1 aromatic carbocycles. The molecule has 98 valence electrons. The van der Waals surface area contributed by atoms with Crippen molar-refractivity contribution in [2.45, 2.75) is 6.54 Å². The minimum atomic E-state index is -0.0141. The van der Waals surface area contributed by atoms with E-state index in [0.29, 0.717) is 13.1 Å². The largest absolute Gasteiger partial charge is 0.325 e. The van der Waals surface area contributed by atoms with Crippen LogP contribution in [0.25, 0.3) is 0 Å². The van der Waals surface area contributed by atoms with Crippen molar-refractivity contribution in [3.63, 3.8) is 0 Å². The molecule has 0 spiro atoms. The average molecular weight is 321 g/mol. The highest BCUT2D eigenvalue weighted by molar-refractivity contribution is 9.10. The van der Waals surface area contributed by atoms with E-state index in [2.05, 4.69) is 26.2 Å². The summed E-state index contributed by atoms with van der Waals surface area (Å²) in [4.78, 5) is 16.1. The second-order valence-corrected chi connectivity index (χ2v) is 5.36. The van der Waals surface area contributed by atoms with Crippen molar-refractivity contribution in [3.05, 3.63) is 40.5 Å².